The second-order valence-electron chi connectivity index (χ2n) is 5.80. The number of hydrogen-bond donors (Lipinski definition) is 0. The van der Waals surface area contributed by atoms with Crippen molar-refractivity contribution in [3.05, 3.63) is 35.4 Å². The van der Waals surface area contributed by atoms with E-state index in [1.807, 2.05) is 39.0 Å². The maximum absolute atomic E-state index is 12.5. The van der Waals surface area contributed by atoms with E-state index in [-0.39, 0.29) is 11.2 Å². The normalized spacial score (nSPS) is 13.4. The summed E-state index contributed by atoms with van der Waals surface area (Å²) < 4.78 is 5.38. The summed E-state index contributed by atoms with van der Waals surface area (Å²) in [7, 11) is 1.60. The molecule has 0 aliphatic rings. The van der Waals surface area contributed by atoms with Gasteiger partial charge < -0.3 is 4.74 Å². The average molecular weight is 248 g/mol. The van der Waals surface area contributed by atoms with Crippen LogP contribution in [0.1, 0.15) is 50.0 Å². The minimum absolute atomic E-state index is 0.0722. The molecule has 2 heteroatoms. The first-order valence-corrected chi connectivity index (χ1v) is 6.56. The molecule has 0 spiro atoms. The molecule has 18 heavy (non-hydrogen) atoms. The summed E-state index contributed by atoms with van der Waals surface area (Å²) in [5.41, 5.74) is 1.78. The van der Waals surface area contributed by atoms with Crippen LogP contribution in [0.3, 0.4) is 0 Å². The van der Waals surface area contributed by atoms with E-state index in [2.05, 4.69) is 13.0 Å². The van der Waals surface area contributed by atoms with E-state index in [4.69, 9.17) is 4.74 Å². The van der Waals surface area contributed by atoms with Gasteiger partial charge in [0.05, 0.1) is 0 Å². The van der Waals surface area contributed by atoms with Crippen LogP contribution in [0.4, 0.5) is 0 Å². The number of carbonyl (C=O) groups excluding carboxylic acids is 1. The van der Waals surface area contributed by atoms with Crippen LogP contribution < -0.4 is 0 Å². The first-order chi connectivity index (χ1) is 8.40. The maximum atomic E-state index is 12.5. The van der Waals surface area contributed by atoms with E-state index in [9.17, 15) is 4.79 Å². The molecule has 100 valence electrons. The van der Waals surface area contributed by atoms with Gasteiger partial charge in [-0.3, -0.25) is 4.79 Å². The van der Waals surface area contributed by atoms with Gasteiger partial charge in [0.2, 0.25) is 0 Å². The van der Waals surface area contributed by atoms with Crippen molar-refractivity contribution in [3.63, 3.8) is 0 Å². The monoisotopic (exact) mass is 248 g/mol. The highest BCUT2D eigenvalue weighted by Gasteiger charge is 2.31. The Morgan fingerprint density at radius 3 is 2.50 bits per heavy atom. The number of ether oxygens (including phenoxy) is 1. The smallest absolute Gasteiger partial charge is 0.192 e. The van der Waals surface area contributed by atoms with Gasteiger partial charge in [-0.15, -0.1) is 0 Å². The Kier molecular flexibility index (Phi) is 5.09. The van der Waals surface area contributed by atoms with Crippen LogP contribution in [0.15, 0.2) is 24.3 Å². The Labute approximate surface area is 110 Å². The Hall–Kier alpha value is -1.15. The number of methoxy groups -OCH3 is 1. The largest absolute Gasteiger partial charge is 0.373 e. The fourth-order valence-corrected chi connectivity index (χ4v) is 2.17. The van der Waals surface area contributed by atoms with Crippen LogP contribution in [0, 0.1) is 5.41 Å². The van der Waals surface area contributed by atoms with Crippen LogP contribution in [-0.4, -0.2) is 19.0 Å². The van der Waals surface area contributed by atoms with Crippen LogP contribution in [0.5, 0.6) is 0 Å². The zero-order valence-corrected chi connectivity index (χ0v) is 12.1. The van der Waals surface area contributed by atoms with Crippen molar-refractivity contribution in [3.8, 4) is 0 Å². The average Bonchev–Trinajstić information content (AvgIpc) is 2.28. The standard InChI is InChI=1S/C16H24O2/c1-6-8-12-9-7-10-13(11-12)14(17)15(18-5)16(2,3)4/h7,9-11,15H,6,8H2,1-5H3. The number of benzene rings is 1. The number of rotatable bonds is 5. The van der Waals surface area contributed by atoms with E-state index < -0.39 is 6.10 Å². The molecule has 0 saturated heterocycles. The zero-order valence-electron chi connectivity index (χ0n) is 12.1. The lowest BCUT2D eigenvalue weighted by Crippen LogP contribution is -2.36. The summed E-state index contributed by atoms with van der Waals surface area (Å²) in [4.78, 5) is 12.5. The number of Topliss-reactive ketones (excluding diaryl/α,β-unsaturated/α-hetero) is 1. The van der Waals surface area contributed by atoms with Crippen molar-refractivity contribution < 1.29 is 9.53 Å². The van der Waals surface area contributed by atoms with E-state index in [0.29, 0.717) is 0 Å². The molecule has 1 unspecified atom stereocenters. The third kappa shape index (κ3) is 3.67. The molecular formula is C16H24O2. The molecule has 1 aromatic rings. The summed E-state index contributed by atoms with van der Waals surface area (Å²) in [6, 6.07) is 7.88. The van der Waals surface area contributed by atoms with E-state index >= 15 is 0 Å². The number of carbonyl (C=O) groups is 1. The second-order valence-corrected chi connectivity index (χ2v) is 5.80. The van der Waals surface area contributed by atoms with Crippen molar-refractivity contribution in [2.45, 2.75) is 46.6 Å². The fourth-order valence-electron chi connectivity index (χ4n) is 2.17. The highest BCUT2D eigenvalue weighted by Crippen LogP contribution is 2.25. The lowest BCUT2D eigenvalue weighted by atomic mass is 9.84. The third-order valence-electron chi connectivity index (χ3n) is 3.01. The predicted molar refractivity (Wildman–Crippen MR) is 75.0 cm³/mol. The molecule has 0 fully saturated rings. The summed E-state index contributed by atoms with van der Waals surface area (Å²) in [5, 5.41) is 0. The molecule has 0 radical (unpaired) electrons. The number of ketones is 1. The first-order valence-electron chi connectivity index (χ1n) is 6.56. The summed E-state index contributed by atoms with van der Waals surface area (Å²) >= 11 is 0. The topological polar surface area (TPSA) is 26.3 Å². The number of hydrogen-bond acceptors (Lipinski definition) is 2. The van der Waals surface area contributed by atoms with Crippen LogP contribution >= 0.6 is 0 Å². The quantitative estimate of drug-likeness (QED) is 0.739. The molecular weight excluding hydrogens is 224 g/mol. The molecule has 0 aliphatic heterocycles. The Morgan fingerprint density at radius 2 is 2.00 bits per heavy atom. The Bertz CT molecular complexity index is 402. The minimum Gasteiger partial charge on any atom is -0.373 e. The molecule has 0 aromatic heterocycles. The molecule has 1 aromatic carbocycles. The lowest BCUT2D eigenvalue weighted by Gasteiger charge is -2.28. The molecule has 1 rings (SSSR count). The lowest BCUT2D eigenvalue weighted by molar-refractivity contribution is 0.0196. The maximum Gasteiger partial charge on any atom is 0.192 e. The fraction of sp³-hybridized carbons (Fsp3) is 0.562. The Morgan fingerprint density at radius 1 is 1.33 bits per heavy atom. The van der Waals surface area contributed by atoms with Crippen molar-refractivity contribution in [2.75, 3.05) is 7.11 Å². The molecule has 0 amide bonds. The zero-order chi connectivity index (χ0) is 13.8. The van der Waals surface area contributed by atoms with Crippen molar-refractivity contribution in [1.29, 1.82) is 0 Å². The van der Waals surface area contributed by atoms with Crippen molar-refractivity contribution >= 4 is 5.78 Å². The summed E-state index contributed by atoms with van der Waals surface area (Å²) in [5.74, 6) is 0.0722. The van der Waals surface area contributed by atoms with Crippen molar-refractivity contribution in [2.24, 2.45) is 5.41 Å². The molecule has 2 nitrogen and oxygen atoms in total. The molecule has 1 atom stereocenters. The van der Waals surface area contributed by atoms with Gasteiger partial charge in [0.1, 0.15) is 6.10 Å². The van der Waals surface area contributed by atoms with Gasteiger partial charge in [0.25, 0.3) is 0 Å². The van der Waals surface area contributed by atoms with E-state index in [1.165, 1.54) is 5.56 Å². The van der Waals surface area contributed by atoms with E-state index in [0.717, 1.165) is 18.4 Å². The van der Waals surface area contributed by atoms with Gasteiger partial charge >= 0.3 is 0 Å². The van der Waals surface area contributed by atoms with Crippen LogP contribution in [0.2, 0.25) is 0 Å². The molecule has 0 saturated carbocycles. The van der Waals surface area contributed by atoms with E-state index in [1.54, 1.807) is 7.11 Å². The molecule has 0 bridgehead atoms. The van der Waals surface area contributed by atoms with Gasteiger partial charge in [0.15, 0.2) is 5.78 Å². The summed E-state index contributed by atoms with van der Waals surface area (Å²) in [6.45, 7) is 8.21. The molecule has 0 N–H and O–H groups in total. The van der Waals surface area contributed by atoms with Crippen LogP contribution in [-0.2, 0) is 11.2 Å². The van der Waals surface area contributed by atoms with Crippen molar-refractivity contribution in [1.82, 2.24) is 0 Å². The highest BCUT2D eigenvalue weighted by atomic mass is 16.5. The SMILES string of the molecule is CCCc1cccc(C(=O)C(OC)C(C)(C)C)c1. The minimum atomic E-state index is -0.394. The second kappa shape index (κ2) is 6.14. The van der Waals surface area contributed by atoms with Gasteiger partial charge in [0, 0.05) is 12.7 Å². The first kappa shape index (κ1) is 14.9. The van der Waals surface area contributed by atoms with Gasteiger partial charge in [-0.25, -0.2) is 0 Å². The number of aryl methyl sites for hydroxylation is 1. The Balaban J connectivity index is 2.98. The summed E-state index contributed by atoms with van der Waals surface area (Å²) in [6.07, 6.45) is 1.70. The molecule has 0 heterocycles. The predicted octanol–water partition coefficient (Wildman–Crippen LogP) is 3.88. The van der Waals surface area contributed by atoms with Gasteiger partial charge in [-0.2, -0.15) is 0 Å². The van der Waals surface area contributed by atoms with Gasteiger partial charge in [-0.05, 0) is 23.5 Å². The molecule has 0 aliphatic carbocycles. The van der Waals surface area contributed by atoms with Crippen LogP contribution in [0.25, 0.3) is 0 Å². The third-order valence-corrected chi connectivity index (χ3v) is 3.01. The highest BCUT2D eigenvalue weighted by molar-refractivity contribution is 6.00. The van der Waals surface area contributed by atoms with Gasteiger partial charge in [-0.1, -0.05) is 52.3 Å².